The molecule has 258 valence electrons. The largest absolute Gasteiger partial charge is 0.478 e. The minimum atomic E-state index is -0.872. The van der Waals surface area contributed by atoms with Crippen molar-refractivity contribution in [2.45, 2.75) is 112 Å². The molecule has 1 aromatic rings. The van der Waals surface area contributed by atoms with Gasteiger partial charge in [0.15, 0.2) is 0 Å². The van der Waals surface area contributed by atoms with Crippen molar-refractivity contribution in [3.63, 3.8) is 0 Å². The number of hydrogen-bond acceptors (Lipinski definition) is 3. The minimum Gasteiger partial charge on any atom is -0.478 e. The number of hydrogen-bond donors (Lipinski definition) is 2. The summed E-state index contributed by atoms with van der Waals surface area (Å²) in [6, 6.07) is 7.69. The molecule has 5 aliphatic carbocycles. The molecule has 4 saturated carbocycles. The van der Waals surface area contributed by atoms with Crippen LogP contribution >= 0.6 is 0 Å². The van der Waals surface area contributed by atoms with Crippen molar-refractivity contribution in [2.24, 2.45) is 56.7 Å². The van der Waals surface area contributed by atoms with Crippen molar-refractivity contribution in [3.8, 4) is 0 Å². The summed E-state index contributed by atoms with van der Waals surface area (Å²) in [5.74, 6) is 1.97. The van der Waals surface area contributed by atoms with Crippen LogP contribution in [-0.4, -0.2) is 48.6 Å². The molecule has 2 N–H and O–H groups in total. The first-order valence-corrected chi connectivity index (χ1v) is 18.6. The Labute approximate surface area is 285 Å². The number of aromatic carboxylic acids is 1. The van der Waals surface area contributed by atoms with Crippen molar-refractivity contribution < 1.29 is 14.7 Å². The zero-order chi connectivity index (χ0) is 34.3. The lowest BCUT2D eigenvalue weighted by Crippen LogP contribution is -2.66. The molecule has 5 heteroatoms. The number of carboxylic acid groups (broad SMARTS) is 1. The lowest BCUT2D eigenvalue weighted by Gasteiger charge is -2.72. The molecule has 47 heavy (non-hydrogen) atoms. The van der Waals surface area contributed by atoms with Gasteiger partial charge in [0.1, 0.15) is 0 Å². The van der Waals surface area contributed by atoms with Crippen LogP contribution in [-0.2, 0) is 4.79 Å². The van der Waals surface area contributed by atoms with Crippen LogP contribution in [0.25, 0.3) is 5.57 Å². The molecule has 0 saturated heterocycles. The molecule has 1 amide bonds. The smallest absolute Gasteiger partial charge is 0.335 e. The highest BCUT2D eigenvalue weighted by Crippen LogP contribution is 2.77. The van der Waals surface area contributed by atoms with Gasteiger partial charge in [0, 0.05) is 12.6 Å². The molecule has 6 rings (SSSR count). The van der Waals surface area contributed by atoms with Gasteiger partial charge in [0.05, 0.1) is 11.0 Å². The van der Waals surface area contributed by atoms with Crippen LogP contribution in [0.5, 0.6) is 0 Å². The molecule has 0 bridgehead atoms. The lowest BCUT2D eigenvalue weighted by atomic mass is 9.32. The number of carbonyl (C=O) groups excluding carboxylic acids is 1. The highest BCUT2D eigenvalue weighted by atomic mass is 16.4. The van der Waals surface area contributed by atoms with E-state index in [1.165, 1.54) is 42.4 Å². The number of carboxylic acids is 1. The predicted molar refractivity (Wildman–Crippen MR) is 192 cm³/mol. The molecular weight excluding hydrogens is 580 g/mol. The normalized spacial score (nSPS) is 41.1. The first-order valence-electron chi connectivity index (χ1n) is 18.6. The van der Waals surface area contributed by atoms with Gasteiger partial charge in [-0.15, -0.1) is 0 Å². The Bertz CT molecular complexity index is 1460. The van der Waals surface area contributed by atoms with E-state index in [1.807, 2.05) is 12.1 Å². The SMILES string of the molecule is C=C(C)[C@@H]1CC[C@]2(C(=O)N[C@@H](C)CN(C)C)CC[C@]3(C)[C@H](CC[C@@H]4[C@@]5(C)CC=C(c6ccc(C(=O)O)cc6)C(C)(C)[C@@H]5CC[C@]43C)[C@@H]12. The Morgan fingerprint density at radius 1 is 0.936 bits per heavy atom. The highest BCUT2D eigenvalue weighted by Gasteiger charge is 2.71. The number of carbonyl (C=O) groups is 2. The molecule has 5 nitrogen and oxygen atoms in total. The molecule has 5 aliphatic rings. The zero-order valence-electron chi connectivity index (χ0n) is 30.8. The summed E-state index contributed by atoms with van der Waals surface area (Å²) in [5, 5.41) is 13.0. The number of fused-ring (bicyclic) bond motifs is 7. The Morgan fingerprint density at radius 3 is 2.23 bits per heavy atom. The van der Waals surface area contributed by atoms with Crippen LogP contribution in [0.3, 0.4) is 0 Å². The average molecular weight is 643 g/mol. The van der Waals surface area contributed by atoms with Gasteiger partial charge in [0.25, 0.3) is 0 Å². The van der Waals surface area contributed by atoms with Gasteiger partial charge in [-0.25, -0.2) is 4.79 Å². The maximum Gasteiger partial charge on any atom is 0.335 e. The first kappa shape index (κ1) is 34.5. The minimum absolute atomic E-state index is 0.00359. The van der Waals surface area contributed by atoms with Crippen molar-refractivity contribution in [1.82, 2.24) is 10.2 Å². The Morgan fingerprint density at radius 2 is 1.62 bits per heavy atom. The van der Waals surface area contributed by atoms with Crippen LogP contribution in [0, 0.1) is 56.7 Å². The monoisotopic (exact) mass is 642 g/mol. The molecule has 0 radical (unpaired) electrons. The average Bonchev–Trinajstić information content (AvgIpc) is 3.38. The first-order chi connectivity index (χ1) is 21.9. The Hall–Kier alpha value is -2.40. The number of nitrogens with zero attached hydrogens (tertiary/aromatic N) is 1. The molecule has 1 aromatic carbocycles. The van der Waals surface area contributed by atoms with E-state index in [-0.39, 0.29) is 33.1 Å². The van der Waals surface area contributed by atoms with Crippen molar-refractivity contribution in [2.75, 3.05) is 20.6 Å². The molecule has 0 spiro atoms. The third-order valence-electron chi connectivity index (χ3n) is 15.6. The second-order valence-electron chi connectivity index (χ2n) is 18.4. The van der Waals surface area contributed by atoms with Gasteiger partial charge in [0.2, 0.25) is 5.91 Å². The molecule has 10 atom stereocenters. The van der Waals surface area contributed by atoms with Gasteiger partial charge in [-0.05, 0) is 160 Å². The van der Waals surface area contributed by atoms with Crippen LogP contribution in [0.15, 0.2) is 42.5 Å². The fourth-order valence-corrected chi connectivity index (χ4v) is 13.4. The van der Waals surface area contributed by atoms with E-state index >= 15 is 0 Å². The number of rotatable bonds is 7. The van der Waals surface area contributed by atoms with Crippen LogP contribution in [0.1, 0.15) is 122 Å². The Balaban J connectivity index is 1.33. The predicted octanol–water partition coefficient (Wildman–Crippen LogP) is 9.10. The van der Waals surface area contributed by atoms with Gasteiger partial charge in [-0.1, -0.05) is 65.0 Å². The quantitative estimate of drug-likeness (QED) is 0.291. The Kier molecular flexibility index (Phi) is 8.50. The van der Waals surface area contributed by atoms with Crippen LogP contribution in [0.2, 0.25) is 0 Å². The van der Waals surface area contributed by atoms with E-state index in [4.69, 9.17) is 0 Å². The summed E-state index contributed by atoms with van der Waals surface area (Å²) in [7, 11) is 4.17. The number of nitrogens with one attached hydrogen (secondary N) is 1. The van der Waals surface area contributed by atoms with Crippen molar-refractivity contribution >= 4 is 17.4 Å². The molecule has 0 aliphatic heterocycles. The van der Waals surface area contributed by atoms with Crippen LogP contribution in [0.4, 0.5) is 0 Å². The van der Waals surface area contributed by atoms with E-state index in [0.29, 0.717) is 41.1 Å². The molecular formula is C42H62N2O3. The fraction of sp³-hybridized carbons (Fsp3) is 0.714. The number of benzene rings is 1. The van der Waals surface area contributed by atoms with Gasteiger partial charge >= 0.3 is 5.97 Å². The lowest BCUT2D eigenvalue weighted by molar-refractivity contribution is -0.225. The summed E-state index contributed by atoms with van der Waals surface area (Å²) in [4.78, 5) is 28.1. The van der Waals surface area contributed by atoms with E-state index in [1.54, 1.807) is 12.1 Å². The van der Waals surface area contributed by atoms with E-state index < -0.39 is 5.97 Å². The molecule has 0 heterocycles. The molecule has 0 aromatic heterocycles. The van der Waals surface area contributed by atoms with Gasteiger partial charge in [-0.3, -0.25) is 4.79 Å². The number of likely N-dealkylation sites (N-methyl/N-ethyl adjacent to an activating group) is 1. The second kappa shape index (κ2) is 11.6. The van der Waals surface area contributed by atoms with E-state index in [2.05, 4.69) is 85.4 Å². The maximum absolute atomic E-state index is 14.4. The third-order valence-corrected chi connectivity index (χ3v) is 15.6. The van der Waals surface area contributed by atoms with E-state index in [9.17, 15) is 14.7 Å². The molecule has 4 fully saturated rings. The van der Waals surface area contributed by atoms with Crippen molar-refractivity contribution in [3.05, 3.63) is 53.6 Å². The maximum atomic E-state index is 14.4. The molecule has 0 unspecified atom stereocenters. The highest BCUT2D eigenvalue weighted by molar-refractivity contribution is 5.88. The van der Waals surface area contributed by atoms with E-state index in [0.717, 1.165) is 38.6 Å². The topological polar surface area (TPSA) is 69.6 Å². The fourth-order valence-electron chi connectivity index (χ4n) is 13.4. The summed E-state index contributed by atoms with van der Waals surface area (Å²) in [5.41, 5.74) is 4.50. The standard InChI is InChI=1S/C42H62N2O3/c1-26(2)30-17-22-42(37(47)43-27(3)25-44(9)10)24-23-40(7)32(35(30)42)15-16-34-39(6)20-18-31(28-11-13-29(14-12-28)36(45)46)38(4,5)33(39)19-21-41(34,40)8/h11-14,18,27,30,32-35H,1,15-17,19-25H2,2-10H3,(H,43,47)(H,45,46)/t27-,30-,32+,33-,34+,35+,39-,40+,41+,42-/m0/s1. The van der Waals surface area contributed by atoms with Gasteiger partial charge < -0.3 is 15.3 Å². The number of amides is 1. The summed E-state index contributed by atoms with van der Waals surface area (Å²) in [6.45, 7) is 22.6. The van der Waals surface area contributed by atoms with Crippen LogP contribution < -0.4 is 5.32 Å². The second-order valence-corrected chi connectivity index (χ2v) is 18.4. The van der Waals surface area contributed by atoms with Crippen molar-refractivity contribution in [1.29, 1.82) is 0 Å². The summed E-state index contributed by atoms with van der Waals surface area (Å²) < 4.78 is 0. The summed E-state index contributed by atoms with van der Waals surface area (Å²) >= 11 is 0. The summed E-state index contributed by atoms with van der Waals surface area (Å²) in [6.07, 6.45) is 12.7. The van der Waals surface area contributed by atoms with Gasteiger partial charge in [-0.2, -0.15) is 0 Å². The number of allylic oxidation sites excluding steroid dienone is 3. The third kappa shape index (κ3) is 5.02. The zero-order valence-corrected chi connectivity index (χ0v) is 30.8.